The van der Waals surface area contributed by atoms with Crippen LogP contribution in [0, 0.1) is 0 Å². The zero-order valence-electron chi connectivity index (χ0n) is 16.3. The molecule has 7 nitrogen and oxygen atoms in total. The van der Waals surface area contributed by atoms with Crippen LogP contribution < -0.4 is 10.6 Å². The molecule has 2 amide bonds. The molecule has 0 aromatic heterocycles. The average Bonchev–Trinajstić information content (AvgIpc) is 2.75. The highest BCUT2D eigenvalue weighted by Crippen LogP contribution is 2.15. The Morgan fingerprint density at radius 3 is 2.20 bits per heavy atom. The highest BCUT2D eigenvalue weighted by molar-refractivity contribution is 6.00. The van der Waals surface area contributed by atoms with Gasteiger partial charge < -0.3 is 15.4 Å². The second-order valence-electron chi connectivity index (χ2n) is 6.59. The van der Waals surface area contributed by atoms with Crippen LogP contribution in [0.5, 0.6) is 0 Å². The van der Waals surface area contributed by atoms with Gasteiger partial charge in [-0.2, -0.15) is 0 Å². The number of fused-ring (bicyclic) bond motifs is 1. The van der Waals surface area contributed by atoms with Gasteiger partial charge in [-0.05, 0) is 47.2 Å². The van der Waals surface area contributed by atoms with Crippen molar-refractivity contribution >= 4 is 40.0 Å². The van der Waals surface area contributed by atoms with Crippen molar-refractivity contribution in [2.24, 2.45) is 0 Å². The van der Waals surface area contributed by atoms with Gasteiger partial charge in [-0.3, -0.25) is 19.2 Å². The first-order chi connectivity index (χ1) is 14.4. The smallest absolute Gasteiger partial charge is 0.325 e. The highest BCUT2D eigenvalue weighted by atomic mass is 16.5. The molecule has 0 aliphatic heterocycles. The van der Waals surface area contributed by atoms with Crippen molar-refractivity contribution in [2.75, 3.05) is 18.5 Å². The number of ketones is 1. The first-order valence-electron chi connectivity index (χ1n) is 9.26. The minimum absolute atomic E-state index is 0.214. The van der Waals surface area contributed by atoms with E-state index in [2.05, 4.69) is 10.6 Å². The number of rotatable bonds is 7. The fraction of sp³-hybridized carbons (Fsp3) is 0.130. The van der Waals surface area contributed by atoms with E-state index in [4.69, 9.17) is 4.74 Å². The monoisotopic (exact) mass is 404 g/mol. The summed E-state index contributed by atoms with van der Waals surface area (Å²) in [4.78, 5) is 47.2. The number of carbonyl (C=O) groups excluding carboxylic acids is 4. The average molecular weight is 404 g/mol. The van der Waals surface area contributed by atoms with E-state index in [0.717, 1.165) is 10.8 Å². The first kappa shape index (κ1) is 20.7. The Bertz CT molecular complexity index is 1110. The van der Waals surface area contributed by atoms with Crippen molar-refractivity contribution in [2.45, 2.75) is 6.92 Å². The number of amides is 2. The number of esters is 1. The molecule has 0 fully saturated rings. The quantitative estimate of drug-likeness (QED) is 0.466. The van der Waals surface area contributed by atoms with Gasteiger partial charge in [0.05, 0.1) is 0 Å². The van der Waals surface area contributed by atoms with E-state index < -0.39 is 24.3 Å². The van der Waals surface area contributed by atoms with Crippen LogP contribution in [0.2, 0.25) is 0 Å². The summed E-state index contributed by atoms with van der Waals surface area (Å²) < 4.78 is 4.94. The number of ether oxygens (including phenoxy) is 1. The van der Waals surface area contributed by atoms with Crippen LogP contribution >= 0.6 is 0 Å². The predicted octanol–water partition coefficient (Wildman–Crippen LogP) is 2.95. The zero-order chi connectivity index (χ0) is 21.5. The fourth-order valence-electron chi connectivity index (χ4n) is 2.81. The maximum absolute atomic E-state index is 12.2. The number of nitrogens with one attached hydrogen (secondary N) is 2. The molecule has 0 atom stereocenters. The van der Waals surface area contributed by atoms with E-state index in [1.165, 1.54) is 19.1 Å². The minimum Gasteiger partial charge on any atom is -0.456 e. The van der Waals surface area contributed by atoms with Gasteiger partial charge in [-0.15, -0.1) is 0 Å². The molecule has 0 aliphatic carbocycles. The van der Waals surface area contributed by atoms with Crippen molar-refractivity contribution in [3.8, 4) is 0 Å². The number of hydrogen-bond donors (Lipinski definition) is 2. The molecular weight excluding hydrogens is 384 g/mol. The number of Topliss-reactive ketones (excluding diaryl/α,β-unsaturated/α-hetero) is 1. The van der Waals surface area contributed by atoms with E-state index in [1.807, 2.05) is 30.3 Å². The van der Waals surface area contributed by atoms with E-state index in [9.17, 15) is 19.2 Å². The maximum atomic E-state index is 12.2. The topological polar surface area (TPSA) is 102 Å². The van der Waals surface area contributed by atoms with Gasteiger partial charge >= 0.3 is 5.97 Å². The Balaban J connectivity index is 1.47. The molecule has 0 bridgehead atoms. The van der Waals surface area contributed by atoms with Crippen LogP contribution in [0.3, 0.4) is 0 Å². The third-order valence-corrected chi connectivity index (χ3v) is 4.30. The lowest BCUT2D eigenvalue weighted by Crippen LogP contribution is -2.31. The Hall–Kier alpha value is -4.00. The summed E-state index contributed by atoms with van der Waals surface area (Å²) in [7, 11) is 0. The molecule has 2 N–H and O–H groups in total. The maximum Gasteiger partial charge on any atom is 0.325 e. The second-order valence-corrected chi connectivity index (χ2v) is 6.59. The van der Waals surface area contributed by atoms with Gasteiger partial charge in [0.1, 0.15) is 6.54 Å². The number of anilines is 1. The van der Waals surface area contributed by atoms with E-state index in [1.54, 1.807) is 24.3 Å². The molecule has 0 unspecified atom stereocenters. The Labute approximate surface area is 173 Å². The van der Waals surface area contributed by atoms with E-state index in [0.29, 0.717) is 16.8 Å². The standard InChI is InChI=1S/C23H20N2O5/c1-15(26)25-20-10-8-17(9-11-20)21(27)14-30-22(28)13-24-23(29)19-7-6-16-4-2-3-5-18(16)12-19/h2-12H,13-14H2,1H3,(H,24,29)(H,25,26). The molecule has 7 heteroatoms. The molecule has 0 heterocycles. The lowest BCUT2D eigenvalue weighted by Gasteiger charge is -2.08. The van der Waals surface area contributed by atoms with Gasteiger partial charge in [-0.25, -0.2) is 0 Å². The molecule has 30 heavy (non-hydrogen) atoms. The van der Waals surface area contributed by atoms with E-state index >= 15 is 0 Å². The molecule has 0 saturated carbocycles. The van der Waals surface area contributed by atoms with Crippen molar-refractivity contribution in [3.63, 3.8) is 0 Å². The van der Waals surface area contributed by atoms with Crippen LogP contribution in [0.15, 0.2) is 66.7 Å². The van der Waals surface area contributed by atoms with Crippen LogP contribution in [0.4, 0.5) is 5.69 Å². The zero-order valence-corrected chi connectivity index (χ0v) is 16.3. The molecule has 3 rings (SSSR count). The Kier molecular flexibility index (Phi) is 6.54. The highest BCUT2D eigenvalue weighted by Gasteiger charge is 2.12. The predicted molar refractivity (Wildman–Crippen MR) is 112 cm³/mol. The minimum atomic E-state index is -0.715. The van der Waals surface area contributed by atoms with Crippen molar-refractivity contribution < 1.29 is 23.9 Å². The summed E-state index contributed by atoms with van der Waals surface area (Å²) >= 11 is 0. The molecule has 3 aromatic rings. The van der Waals surface area contributed by atoms with Gasteiger partial charge in [0.2, 0.25) is 5.91 Å². The Morgan fingerprint density at radius 1 is 0.833 bits per heavy atom. The van der Waals surface area contributed by atoms with Gasteiger partial charge in [0.25, 0.3) is 5.91 Å². The summed E-state index contributed by atoms with van der Waals surface area (Å²) in [5, 5.41) is 7.01. The largest absolute Gasteiger partial charge is 0.456 e. The fourth-order valence-corrected chi connectivity index (χ4v) is 2.81. The molecule has 152 valence electrons. The van der Waals surface area contributed by atoms with Crippen LogP contribution in [0.25, 0.3) is 10.8 Å². The summed E-state index contributed by atoms with van der Waals surface area (Å²) in [6.07, 6.45) is 0. The molecule has 0 spiro atoms. The first-order valence-corrected chi connectivity index (χ1v) is 9.26. The Morgan fingerprint density at radius 2 is 1.50 bits per heavy atom. The summed E-state index contributed by atoms with van der Waals surface area (Å²) in [6, 6.07) is 19.1. The van der Waals surface area contributed by atoms with Gasteiger partial charge in [-0.1, -0.05) is 30.3 Å². The number of benzene rings is 3. The molecule has 0 aliphatic rings. The summed E-state index contributed by atoms with van der Waals surface area (Å²) in [5.41, 5.74) is 1.33. The second kappa shape index (κ2) is 9.47. The summed E-state index contributed by atoms with van der Waals surface area (Å²) in [6.45, 7) is 0.599. The number of carbonyl (C=O) groups is 4. The third-order valence-electron chi connectivity index (χ3n) is 4.30. The van der Waals surface area contributed by atoms with Gasteiger partial charge in [0.15, 0.2) is 12.4 Å². The third kappa shape index (κ3) is 5.51. The lowest BCUT2D eigenvalue weighted by atomic mass is 10.1. The van der Waals surface area contributed by atoms with E-state index in [-0.39, 0.29) is 12.5 Å². The van der Waals surface area contributed by atoms with Crippen molar-refractivity contribution in [3.05, 3.63) is 77.9 Å². The molecule has 3 aromatic carbocycles. The van der Waals surface area contributed by atoms with Crippen molar-refractivity contribution in [1.29, 1.82) is 0 Å². The SMILES string of the molecule is CC(=O)Nc1ccc(C(=O)COC(=O)CNC(=O)c2ccc3ccccc3c2)cc1. The molecule has 0 saturated heterocycles. The normalized spacial score (nSPS) is 10.3. The summed E-state index contributed by atoms with van der Waals surface area (Å²) in [5.74, 6) is -1.72. The van der Waals surface area contributed by atoms with Crippen LogP contribution in [0.1, 0.15) is 27.6 Å². The van der Waals surface area contributed by atoms with Crippen LogP contribution in [-0.2, 0) is 14.3 Å². The molecule has 0 radical (unpaired) electrons. The van der Waals surface area contributed by atoms with Crippen LogP contribution in [-0.4, -0.2) is 36.7 Å². The lowest BCUT2D eigenvalue weighted by molar-refractivity contribution is -0.141. The van der Waals surface area contributed by atoms with Crippen molar-refractivity contribution in [1.82, 2.24) is 5.32 Å². The van der Waals surface area contributed by atoms with Gasteiger partial charge in [0, 0.05) is 23.7 Å². The molecular formula is C23H20N2O5. The number of hydrogen-bond acceptors (Lipinski definition) is 5.